The average molecular weight is 313 g/mol. The first-order valence-electron chi connectivity index (χ1n) is 7.97. The Bertz CT molecular complexity index is 808. The molecule has 0 saturated carbocycles. The molecule has 0 heterocycles. The maximum atomic E-state index is 12.7. The third-order valence-corrected chi connectivity index (χ3v) is 3.74. The molecule has 0 aliphatic carbocycles. The average Bonchev–Trinajstić information content (AvgIpc) is 2.66. The molecule has 0 bridgehead atoms. The van der Waals surface area contributed by atoms with Crippen LogP contribution in [0.3, 0.4) is 0 Å². The Hall–Kier alpha value is -3.13. The van der Waals surface area contributed by atoms with Crippen molar-refractivity contribution in [2.24, 2.45) is 0 Å². The molecule has 0 atom stereocenters. The van der Waals surface area contributed by atoms with Crippen LogP contribution < -0.4 is 5.32 Å². The van der Waals surface area contributed by atoms with E-state index in [1.54, 1.807) is 0 Å². The standard InChI is InChI=1S/C22H19NO/c24-22(23-17-19-12-6-2-7-13-19)21(20-14-8-3-9-15-20)16-18-10-4-1-5-11-18/h1-16H,17H2,(H,23,24). The van der Waals surface area contributed by atoms with Crippen LogP contribution in [0.25, 0.3) is 11.6 Å². The van der Waals surface area contributed by atoms with E-state index in [0.29, 0.717) is 12.1 Å². The Labute approximate surface area is 142 Å². The van der Waals surface area contributed by atoms with Gasteiger partial charge < -0.3 is 5.32 Å². The van der Waals surface area contributed by atoms with E-state index in [-0.39, 0.29) is 5.91 Å². The number of hydrogen-bond acceptors (Lipinski definition) is 1. The molecule has 3 aromatic carbocycles. The fourth-order valence-corrected chi connectivity index (χ4v) is 2.49. The minimum atomic E-state index is -0.0751. The van der Waals surface area contributed by atoms with E-state index in [1.807, 2.05) is 97.1 Å². The first-order valence-corrected chi connectivity index (χ1v) is 7.97. The zero-order valence-electron chi connectivity index (χ0n) is 13.4. The molecule has 2 nitrogen and oxygen atoms in total. The number of hydrogen-bond donors (Lipinski definition) is 1. The molecule has 0 unspecified atom stereocenters. The summed E-state index contributed by atoms with van der Waals surface area (Å²) < 4.78 is 0. The predicted octanol–water partition coefficient (Wildman–Crippen LogP) is 4.54. The third kappa shape index (κ3) is 4.20. The molecule has 24 heavy (non-hydrogen) atoms. The minimum Gasteiger partial charge on any atom is -0.348 e. The van der Waals surface area contributed by atoms with Crippen molar-refractivity contribution < 1.29 is 4.79 Å². The lowest BCUT2D eigenvalue weighted by Crippen LogP contribution is -2.23. The highest BCUT2D eigenvalue weighted by Crippen LogP contribution is 2.18. The molecule has 1 N–H and O–H groups in total. The lowest BCUT2D eigenvalue weighted by Gasteiger charge is -2.10. The molecule has 0 aliphatic heterocycles. The van der Waals surface area contributed by atoms with Crippen molar-refractivity contribution in [1.29, 1.82) is 0 Å². The smallest absolute Gasteiger partial charge is 0.252 e. The highest BCUT2D eigenvalue weighted by molar-refractivity contribution is 6.24. The molecule has 2 heteroatoms. The molecule has 3 aromatic rings. The van der Waals surface area contributed by atoms with Crippen molar-refractivity contribution in [3.05, 3.63) is 108 Å². The normalized spacial score (nSPS) is 11.1. The molecule has 118 valence electrons. The van der Waals surface area contributed by atoms with Crippen LogP contribution >= 0.6 is 0 Å². The van der Waals surface area contributed by atoms with Crippen LogP contribution in [0.1, 0.15) is 16.7 Å². The van der Waals surface area contributed by atoms with E-state index in [0.717, 1.165) is 16.7 Å². The quantitative estimate of drug-likeness (QED) is 0.543. The summed E-state index contributed by atoms with van der Waals surface area (Å²) in [6.07, 6.45) is 1.93. The van der Waals surface area contributed by atoms with E-state index in [9.17, 15) is 4.79 Å². The first kappa shape index (κ1) is 15.8. The van der Waals surface area contributed by atoms with Gasteiger partial charge in [-0.05, 0) is 22.8 Å². The Kier molecular flexibility index (Phi) is 5.21. The summed E-state index contributed by atoms with van der Waals surface area (Å²) >= 11 is 0. The number of carbonyl (C=O) groups is 1. The van der Waals surface area contributed by atoms with Gasteiger partial charge in [0.25, 0.3) is 5.91 Å². The van der Waals surface area contributed by atoms with E-state index in [1.165, 1.54) is 0 Å². The van der Waals surface area contributed by atoms with Crippen LogP contribution in [0.5, 0.6) is 0 Å². The second-order valence-corrected chi connectivity index (χ2v) is 5.50. The van der Waals surface area contributed by atoms with Crippen molar-refractivity contribution in [3.8, 4) is 0 Å². The Morgan fingerprint density at radius 3 is 1.92 bits per heavy atom. The van der Waals surface area contributed by atoms with Gasteiger partial charge in [-0.3, -0.25) is 4.79 Å². The van der Waals surface area contributed by atoms with Gasteiger partial charge in [0.1, 0.15) is 0 Å². The molecule has 0 saturated heterocycles. The molecule has 3 rings (SSSR count). The number of benzene rings is 3. The minimum absolute atomic E-state index is 0.0751. The van der Waals surface area contributed by atoms with Gasteiger partial charge in [0.15, 0.2) is 0 Å². The lowest BCUT2D eigenvalue weighted by molar-refractivity contribution is -0.115. The van der Waals surface area contributed by atoms with Crippen molar-refractivity contribution in [2.75, 3.05) is 0 Å². The molecule has 0 aromatic heterocycles. The predicted molar refractivity (Wildman–Crippen MR) is 99.0 cm³/mol. The summed E-state index contributed by atoms with van der Waals surface area (Å²) in [6.45, 7) is 0.513. The zero-order valence-corrected chi connectivity index (χ0v) is 13.4. The van der Waals surface area contributed by atoms with Gasteiger partial charge >= 0.3 is 0 Å². The Balaban J connectivity index is 1.84. The number of carbonyl (C=O) groups excluding carboxylic acids is 1. The summed E-state index contributed by atoms with van der Waals surface area (Å²) in [7, 11) is 0. The molecular weight excluding hydrogens is 294 g/mol. The fraction of sp³-hybridized carbons (Fsp3) is 0.0455. The lowest BCUT2D eigenvalue weighted by atomic mass is 10.0. The summed E-state index contributed by atoms with van der Waals surface area (Å²) in [5, 5.41) is 3.01. The van der Waals surface area contributed by atoms with Crippen molar-refractivity contribution in [1.82, 2.24) is 5.32 Å². The highest BCUT2D eigenvalue weighted by atomic mass is 16.1. The van der Waals surface area contributed by atoms with E-state index >= 15 is 0 Å². The largest absolute Gasteiger partial charge is 0.348 e. The molecule has 0 aliphatic rings. The second kappa shape index (κ2) is 7.93. The van der Waals surface area contributed by atoms with Crippen molar-refractivity contribution in [3.63, 3.8) is 0 Å². The summed E-state index contributed by atoms with van der Waals surface area (Å²) in [5.74, 6) is -0.0751. The summed E-state index contributed by atoms with van der Waals surface area (Å²) in [6, 6.07) is 29.6. The molecule has 1 amide bonds. The Morgan fingerprint density at radius 1 is 0.750 bits per heavy atom. The number of rotatable bonds is 5. The van der Waals surface area contributed by atoms with Crippen molar-refractivity contribution in [2.45, 2.75) is 6.54 Å². The van der Waals surface area contributed by atoms with Gasteiger partial charge in [-0.15, -0.1) is 0 Å². The Morgan fingerprint density at radius 2 is 1.29 bits per heavy atom. The van der Waals surface area contributed by atoms with Crippen molar-refractivity contribution >= 4 is 17.6 Å². The summed E-state index contributed by atoms with van der Waals surface area (Å²) in [4.78, 5) is 12.7. The van der Waals surface area contributed by atoms with E-state index < -0.39 is 0 Å². The van der Waals surface area contributed by atoms with Crippen LogP contribution in [0, 0.1) is 0 Å². The van der Waals surface area contributed by atoms with Crippen LogP contribution in [0.15, 0.2) is 91.0 Å². The fourth-order valence-electron chi connectivity index (χ4n) is 2.49. The van der Waals surface area contributed by atoms with E-state index in [2.05, 4.69) is 5.32 Å². The second-order valence-electron chi connectivity index (χ2n) is 5.50. The highest BCUT2D eigenvalue weighted by Gasteiger charge is 2.11. The van der Waals surface area contributed by atoms with Crippen LogP contribution in [-0.2, 0) is 11.3 Å². The van der Waals surface area contributed by atoms with Gasteiger partial charge in [0.2, 0.25) is 0 Å². The summed E-state index contributed by atoms with van der Waals surface area (Å²) in [5.41, 5.74) is 3.66. The molecule has 0 spiro atoms. The van der Waals surface area contributed by atoms with Crippen LogP contribution in [-0.4, -0.2) is 5.91 Å². The van der Waals surface area contributed by atoms with Gasteiger partial charge in [-0.2, -0.15) is 0 Å². The topological polar surface area (TPSA) is 29.1 Å². The molecule has 0 fully saturated rings. The van der Waals surface area contributed by atoms with E-state index in [4.69, 9.17) is 0 Å². The molecular formula is C22H19NO. The number of amides is 1. The maximum Gasteiger partial charge on any atom is 0.252 e. The molecule has 0 radical (unpaired) electrons. The van der Waals surface area contributed by atoms with Gasteiger partial charge in [-0.1, -0.05) is 91.0 Å². The maximum absolute atomic E-state index is 12.7. The van der Waals surface area contributed by atoms with Crippen LogP contribution in [0.2, 0.25) is 0 Å². The SMILES string of the molecule is O=C(NCc1ccccc1)C(=Cc1ccccc1)c1ccccc1. The van der Waals surface area contributed by atoms with Gasteiger partial charge in [0.05, 0.1) is 0 Å². The number of nitrogens with one attached hydrogen (secondary N) is 1. The zero-order chi connectivity index (χ0) is 16.6. The first-order chi connectivity index (χ1) is 11.8. The monoisotopic (exact) mass is 313 g/mol. The van der Waals surface area contributed by atoms with Crippen LogP contribution in [0.4, 0.5) is 0 Å². The third-order valence-electron chi connectivity index (χ3n) is 3.74. The van der Waals surface area contributed by atoms with Gasteiger partial charge in [-0.25, -0.2) is 0 Å². The van der Waals surface area contributed by atoms with Gasteiger partial charge in [0, 0.05) is 12.1 Å².